The van der Waals surface area contributed by atoms with Crippen LogP contribution in [0.2, 0.25) is 0 Å². The average molecular weight is 405 g/mol. The van der Waals surface area contributed by atoms with E-state index in [0.29, 0.717) is 0 Å². The van der Waals surface area contributed by atoms with Crippen LogP contribution in [0.3, 0.4) is 0 Å². The quantitative estimate of drug-likeness (QED) is 0.246. The molecule has 0 amide bonds. The number of thiol groups is 1. The fourth-order valence-corrected chi connectivity index (χ4v) is 4.93. The van der Waals surface area contributed by atoms with Crippen LogP contribution in [0.1, 0.15) is 121 Å². The van der Waals surface area contributed by atoms with Gasteiger partial charge in [-0.1, -0.05) is 110 Å². The molecule has 0 N–H and O–H groups in total. The summed E-state index contributed by atoms with van der Waals surface area (Å²) in [6.45, 7) is 9.37. The number of hydrogen-bond donors (Lipinski definition) is 1. The van der Waals surface area contributed by atoms with Gasteiger partial charge in [0.05, 0.1) is 0 Å². The van der Waals surface area contributed by atoms with E-state index in [4.69, 9.17) is 0 Å². The fourth-order valence-electron chi connectivity index (χ4n) is 4.63. The van der Waals surface area contributed by atoms with Crippen LogP contribution < -0.4 is 0 Å². The molecule has 2 unspecified atom stereocenters. The molecule has 2 atom stereocenters. The lowest BCUT2D eigenvalue weighted by molar-refractivity contribution is 0.407. The lowest BCUT2D eigenvalue weighted by Crippen LogP contribution is -2.05. The van der Waals surface area contributed by atoms with E-state index < -0.39 is 0 Å². The second-order valence-corrected chi connectivity index (χ2v) is 9.15. The second kappa shape index (κ2) is 16.4. The molecule has 0 spiro atoms. The predicted octanol–water partition coefficient (Wildman–Crippen LogP) is 9.19. The Hall–Kier alpha value is -0.430. The van der Waals surface area contributed by atoms with Crippen molar-refractivity contribution in [3.8, 4) is 0 Å². The van der Waals surface area contributed by atoms with Crippen LogP contribution in [-0.4, -0.2) is 0 Å². The van der Waals surface area contributed by atoms with Gasteiger partial charge in [-0.3, -0.25) is 0 Å². The minimum atomic E-state index is 0.879. The summed E-state index contributed by atoms with van der Waals surface area (Å²) in [6.07, 6.45) is 19.0. The highest BCUT2D eigenvalue weighted by atomic mass is 32.1. The van der Waals surface area contributed by atoms with E-state index >= 15 is 0 Å². The zero-order valence-electron chi connectivity index (χ0n) is 19.4. The van der Waals surface area contributed by atoms with Crippen molar-refractivity contribution < 1.29 is 0 Å². The van der Waals surface area contributed by atoms with E-state index in [9.17, 15) is 0 Å². The molecule has 1 aromatic rings. The average Bonchev–Trinajstić information content (AvgIpc) is 2.73. The van der Waals surface area contributed by atoms with Crippen LogP contribution in [0, 0.1) is 11.8 Å². The Labute approximate surface area is 182 Å². The molecule has 0 bridgehead atoms. The Morgan fingerprint density at radius 3 is 1.68 bits per heavy atom. The molecule has 0 aromatic heterocycles. The van der Waals surface area contributed by atoms with Crippen LogP contribution >= 0.6 is 12.6 Å². The Balaban J connectivity index is 2.62. The predicted molar refractivity (Wildman–Crippen MR) is 132 cm³/mol. The van der Waals surface area contributed by atoms with Crippen LogP contribution in [0.4, 0.5) is 0 Å². The SMILES string of the molecule is CCCCC(CC)CCCc1cccc(CS)c1CCCC(CC)CCCC. The van der Waals surface area contributed by atoms with Crippen LogP contribution in [0.5, 0.6) is 0 Å². The smallest absolute Gasteiger partial charge is 0.0157 e. The summed E-state index contributed by atoms with van der Waals surface area (Å²) in [7, 11) is 0. The van der Waals surface area contributed by atoms with E-state index in [-0.39, 0.29) is 0 Å². The van der Waals surface area contributed by atoms with E-state index in [1.165, 1.54) is 95.5 Å². The molecular weight excluding hydrogens is 356 g/mol. The molecular formula is C27H48S. The molecule has 0 aliphatic rings. The monoisotopic (exact) mass is 404 g/mol. The van der Waals surface area contributed by atoms with E-state index in [0.717, 1.165) is 17.6 Å². The highest BCUT2D eigenvalue weighted by Gasteiger charge is 2.12. The maximum Gasteiger partial charge on any atom is 0.0157 e. The zero-order valence-corrected chi connectivity index (χ0v) is 20.3. The van der Waals surface area contributed by atoms with Crippen LogP contribution in [0.15, 0.2) is 18.2 Å². The number of hydrogen-bond acceptors (Lipinski definition) is 1. The molecule has 162 valence electrons. The maximum atomic E-state index is 4.63. The fraction of sp³-hybridized carbons (Fsp3) is 0.778. The summed E-state index contributed by atoms with van der Waals surface area (Å²) < 4.78 is 0. The molecule has 0 fully saturated rings. The molecule has 0 aliphatic heterocycles. The minimum absolute atomic E-state index is 0.879. The first-order valence-electron chi connectivity index (χ1n) is 12.4. The van der Waals surface area contributed by atoms with Gasteiger partial charge in [0, 0.05) is 5.75 Å². The first-order valence-corrected chi connectivity index (χ1v) is 13.0. The molecule has 0 nitrogen and oxygen atoms in total. The Bertz CT molecular complexity index is 493. The molecule has 0 saturated heterocycles. The van der Waals surface area contributed by atoms with Crippen molar-refractivity contribution in [3.05, 3.63) is 34.9 Å². The van der Waals surface area contributed by atoms with Gasteiger partial charge in [0.1, 0.15) is 0 Å². The normalized spacial score (nSPS) is 13.6. The van der Waals surface area contributed by atoms with Gasteiger partial charge in [0.15, 0.2) is 0 Å². The summed E-state index contributed by atoms with van der Waals surface area (Å²) in [5, 5.41) is 0. The summed E-state index contributed by atoms with van der Waals surface area (Å²) in [5.41, 5.74) is 4.71. The summed E-state index contributed by atoms with van der Waals surface area (Å²) in [5.74, 6) is 2.74. The van der Waals surface area contributed by atoms with Crippen molar-refractivity contribution in [1.29, 1.82) is 0 Å². The molecule has 28 heavy (non-hydrogen) atoms. The number of aryl methyl sites for hydroxylation is 1. The van der Waals surface area contributed by atoms with Gasteiger partial charge in [0.25, 0.3) is 0 Å². The Morgan fingerprint density at radius 2 is 1.18 bits per heavy atom. The van der Waals surface area contributed by atoms with Gasteiger partial charge < -0.3 is 0 Å². The van der Waals surface area contributed by atoms with Gasteiger partial charge in [0.2, 0.25) is 0 Å². The highest BCUT2D eigenvalue weighted by molar-refractivity contribution is 7.79. The third-order valence-corrected chi connectivity index (χ3v) is 7.07. The minimum Gasteiger partial charge on any atom is -0.175 e. The lowest BCUT2D eigenvalue weighted by atomic mass is 9.88. The highest BCUT2D eigenvalue weighted by Crippen LogP contribution is 2.26. The summed E-state index contributed by atoms with van der Waals surface area (Å²) in [4.78, 5) is 0. The molecule has 1 rings (SSSR count). The Kier molecular flexibility index (Phi) is 15.0. The molecule has 0 saturated carbocycles. The maximum absolute atomic E-state index is 4.63. The lowest BCUT2D eigenvalue weighted by Gasteiger charge is -2.18. The van der Waals surface area contributed by atoms with Crippen molar-refractivity contribution in [2.75, 3.05) is 0 Å². The summed E-state index contributed by atoms with van der Waals surface area (Å²) >= 11 is 4.63. The van der Waals surface area contributed by atoms with Crippen molar-refractivity contribution in [2.24, 2.45) is 11.8 Å². The molecule has 1 heteroatoms. The van der Waals surface area contributed by atoms with Gasteiger partial charge in [-0.25, -0.2) is 0 Å². The van der Waals surface area contributed by atoms with E-state index in [1.807, 2.05) is 0 Å². The van der Waals surface area contributed by atoms with Crippen LogP contribution in [-0.2, 0) is 18.6 Å². The first kappa shape index (κ1) is 25.6. The molecule has 1 aromatic carbocycles. The third kappa shape index (κ3) is 9.86. The molecule has 0 radical (unpaired) electrons. The zero-order chi connectivity index (χ0) is 20.6. The van der Waals surface area contributed by atoms with Crippen molar-refractivity contribution >= 4 is 12.6 Å². The first-order chi connectivity index (χ1) is 13.7. The van der Waals surface area contributed by atoms with E-state index in [1.54, 1.807) is 11.1 Å². The van der Waals surface area contributed by atoms with Gasteiger partial charge >= 0.3 is 0 Å². The van der Waals surface area contributed by atoms with E-state index in [2.05, 4.69) is 58.5 Å². The Morgan fingerprint density at radius 1 is 0.679 bits per heavy atom. The van der Waals surface area contributed by atoms with Crippen LogP contribution in [0.25, 0.3) is 0 Å². The molecule has 0 heterocycles. The van der Waals surface area contributed by atoms with Crippen molar-refractivity contribution in [1.82, 2.24) is 0 Å². The second-order valence-electron chi connectivity index (χ2n) is 8.83. The number of benzene rings is 1. The third-order valence-electron chi connectivity index (χ3n) is 6.72. The number of unbranched alkanes of at least 4 members (excludes halogenated alkanes) is 2. The largest absolute Gasteiger partial charge is 0.175 e. The van der Waals surface area contributed by atoms with Gasteiger partial charge in [-0.2, -0.15) is 12.6 Å². The van der Waals surface area contributed by atoms with Crippen molar-refractivity contribution in [2.45, 2.75) is 123 Å². The van der Waals surface area contributed by atoms with Gasteiger partial charge in [-0.05, 0) is 54.2 Å². The van der Waals surface area contributed by atoms with Crippen molar-refractivity contribution in [3.63, 3.8) is 0 Å². The standard InChI is InChI=1S/C27H48S/c1-5-9-14-23(7-3)16-11-18-25-19-13-20-26(22-28)27(25)21-12-17-24(8-4)15-10-6-2/h13,19-20,23-24,28H,5-12,14-18,21-22H2,1-4H3. The summed E-state index contributed by atoms with van der Waals surface area (Å²) in [6, 6.07) is 6.95. The topological polar surface area (TPSA) is 0 Å². The number of rotatable bonds is 17. The van der Waals surface area contributed by atoms with Gasteiger partial charge in [-0.15, -0.1) is 0 Å². The molecule has 0 aliphatic carbocycles.